The average Bonchev–Trinajstić information content (AvgIpc) is 2.80. The van der Waals surface area contributed by atoms with E-state index in [-0.39, 0.29) is 17.6 Å². The minimum Gasteiger partial charge on any atom is -0.497 e. The van der Waals surface area contributed by atoms with Gasteiger partial charge >= 0.3 is 0 Å². The van der Waals surface area contributed by atoms with Crippen LogP contribution in [0.15, 0.2) is 48.5 Å². The van der Waals surface area contributed by atoms with Crippen molar-refractivity contribution >= 4 is 21.6 Å². The van der Waals surface area contributed by atoms with Crippen molar-refractivity contribution in [3.05, 3.63) is 54.1 Å². The third-order valence-electron chi connectivity index (χ3n) is 5.60. The van der Waals surface area contributed by atoms with Crippen LogP contribution in [0, 0.1) is 5.92 Å². The SMILES string of the molecule is COc1ccc(NC(=O)C2CCN(S(=O)(=O)CCCc3ccccc3)CC2)c(OC)c1. The molecule has 0 unspecified atom stereocenters. The van der Waals surface area contributed by atoms with Crippen molar-refractivity contribution in [3.8, 4) is 11.5 Å². The van der Waals surface area contributed by atoms with Crippen LogP contribution in [0.3, 0.4) is 0 Å². The van der Waals surface area contributed by atoms with Crippen LogP contribution in [0.25, 0.3) is 0 Å². The molecule has 1 amide bonds. The van der Waals surface area contributed by atoms with E-state index in [4.69, 9.17) is 9.47 Å². The number of carbonyl (C=O) groups excluding carboxylic acids is 1. The highest BCUT2D eigenvalue weighted by Crippen LogP contribution is 2.30. The second kappa shape index (κ2) is 10.6. The maximum Gasteiger partial charge on any atom is 0.227 e. The first-order valence-corrected chi connectivity index (χ1v) is 12.1. The number of aryl methyl sites for hydroxylation is 1. The van der Waals surface area contributed by atoms with Crippen molar-refractivity contribution in [3.63, 3.8) is 0 Å². The van der Waals surface area contributed by atoms with Gasteiger partial charge < -0.3 is 14.8 Å². The molecule has 0 bridgehead atoms. The van der Waals surface area contributed by atoms with E-state index < -0.39 is 10.0 Å². The maximum absolute atomic E-state index is 12.7. The molecule has 0 aromatic heterocycles. The number of piperidine rings is 1. The molecular weight excluding hydrogens is 416 g/mol. The van der Waals surface area contributed by atoms with Gasteiger partial charge in [-0.3, -0.25) is 4.79 Å². The molecule has 1 heterocycles. The van der Waals surface area contributed by atoms with Gasteiger partial charge in [-0.1, -0.05) is 30.3 Å². The summed E-state index contributed by atoms with van der Waals surface area (Å²) in [7, 11) is -0.213. The molecule has 0 radical (unpaired) electrons. The Morgan fingerprint density at radius 3 is 2.42 bits per heavy atom. The van der Waals surface area contributed by atoms with Crippen molar-refractivity contribution in [2.45, 2.75) is 25.7 Å². The molecule has 7 nitrogen and oxygen atoms in total. The van der Waals surface area contributed by atoms with Crippen LogP contribution in [0.5, 0.6) is 11.5 Å². The first-order chi connectivity index (χ1) is 14.9. The van der Waals surface area contributed by atoms with Gasteiger partial charge in [-0.15, -0.1) is 0 Å². The summed E-state index contributed by atoms with van der Waals surface area (Å²) in [6, 6.07) is 15.1. The number of nitrogens with one attached hydrogen (secondary N) is 1. The van der Waals surface area contributed by atoms with E-state index in [1.807, 2.05) is 30.3 Å². The fraction of sp³-hybridized carbons (Fsp3) is 0.435. The highest BCUT2D eigenvalue weighted by atomic mass is 32.2. The van der Waals surface area contributed by atoms with Gasteiger partial charge in [0.15, 0.2) is 0 Å². The highest BCUT2D eigenvalue weighted by molar-refractivity contribution is 7.89. The molecule has 8 heteroatoms. The fourth-order valence-electron chi connectivity index (χ4n) is 3.77. The standard InChI is InChI=1S/C23H30N2O5S/c1-29-20-10-11-21(22(17-20)30-2)24-23(26)19-12-14-25(15-13-19)31(27,28)16-6-9-18-7-4-3-5-8-18/h3-5,7-8,10-11,17,19H,6,9,12-16H2,1-2H3,(H,24,26). The molecule has 1 aliphatic heterocycles. The van der Waals surface area contributed by atoms with Gasteiger partial charge in [0.25, 0.3) is 0 Å². The lowest BCUT2D eigenvalue weighted by molar-refractivity contribution is -0.120. The number of sulfonamides is 1. The van der Waals surface area contributed by atoms with Gasteiger partial charge in [0.05, 0.1) is 25.7 Å². The van der Waals surface area contributed by atoms with Crippen LogP contribution in [0.1, 0.15) is 24.8 Å². The first-order valence-electron chi connectivity index (χ1n) is 10.5. The molecule has 0 spiro atoms. The Labute approximate surface area is 184 Å². The fourth-order valence-corrected chi connectivity index (χ4v) is 5.30. The average molecular weight is 447 g/mol. The molecule has 1 saturated heterocycles. The number of hydrogen-bond acceptors (Lipinski definition) is 5. The van der Waals surface area contributed by atoms with Crippen LogP contribution in [0.2, 0.25) is 0 Å². The Bertz CT molecular complexity index is 971. The minimum atomic E-state index is -3.31. The van der Waals surface area contributed by atoms with Crippen molar-refractivity contribution in [1.82, 2.24) is 4.31 Å². The van der Waals surface area contributed by atoms with E-state index in [1.165, 1.54) is 11.4 Å². The third kappa shape index (κ3) is 6.21. The molecule has 0 saturated carbocycles. The Morgan fingerprint density at radius 2 is 1.77 bits per heavy atom. The molecule has 2 aromatic carbocycles. The molecule has 1 N–H and O–H groups in total. The molecule has 0 aliphatic carbocycles. The minimum absolute atomic E-state index is 0.121. The normalized spacial score (nSPS) is 15.4. The van der Waals surface area contributed by atoms with Crippen LogP contribution in [-0.2, 0) is 21.2 Å². The van der Waals surface area contributed by atoms with Gasteiger partial charge in [0, 0.05) is 25.1 Å². The van der Waals surface area contributed by atoms with E-state index in [1.54, 1.807) is 25.3 Å². The van der Waals surface area contributed by atoms with Crippen LogP contribution in [0.4, 0.5) is 5.69 Å². The van der Waals surface area contributed by atoms with Gasteiger partial charge in [-0.05, 0) is 43.4 Å². The molecule has 3 rings (SSSR count). The van der Waals surface area contributed by atoms with E-state index in [0.29, 0.717) is 49.5 Å². The number of nitrogens with zero attached hydrogens (tertiary/aromatic N) is 1. The Balaban J connectivity index is 1.50. The summed E-state index contributed by atoms with van der Waals surface area (Å²) >= 11 is 0. The van der Waals surface area contributed by atoms with Gasteiger partial charge in [0.2, 0.25) is 15.9 Å². The molecule has 1 fully saturated rings. The number of anilines is 1. The summed E-state index contributed by atoms with van der Waals surface area (Å²) in [4.78, 5) is 12.7. The number of ether oxygens (including phenoxy) is 2. The number of hydrogen-bond donors (Lipinski definition) is 1. The van der Waals surface area contributed by atoms with Crippen LogP contribution < -0.4 is 14.8 Å². The van der Waals surface area contributed by atoms with E-state index in [9.17, 15) is 13.2 Å². The summed E-state index contributed by atoms with van der Waals surface area (Å²) in [5, 5.41) is 2.90. The zero-order valence-electron chi connectivity index (χ0n) is 18.0. The lowest BCUT2D eigenvalue weighted by Crippen LogP contribution is -2.42. The second-order valence-electron chi connectivity index (χ2n) is 7.63. The molecule has 31 heavy (non-hydrogen) atoms. The van der Waals surface area contributed by atoms with Crippen molar-refractivity contribution in [1.29, 1.82) is 0 Å². The largest absolute Gasteiger partial charge is 0.497 e. The van der Waals surface area contributed by atoms with Crippen LogP contribution >= 0.6 is 0 Å². The number of amides is 1. The Kier molecular flexibility index (Phi) is 7.92. The van der Waals surface area contributed by atoms with E-state index in [0.717, 1.165) is 12.0 Å². The predicted octanol–water partition coefficient (Wildman–Crippen LogP) is 3.32. The van der Waals surface area contributed by atoms with Crippen molar-refractivity contribution in [2.24, 2.45) is 5.92 Å². The summed E-state index contributed by atoms with van der Waals surface area (Å²) in [5.74, 6) is 0.931. The van der Waals surface area contributed by atoms with Gasteiger partial charge in [0.1, 0.15) is 11.5 Å². The number of benzene rings is 2. The third-order valence-corrected chi connectivity index (χ3v) is 7.55. The highest BCUT2D eigenvalue weighted by Gasteiger charge is 2.31. The zero-order chi connectivity index (χ0) is 22.3. The molecule has 168 valence electrons. The van der Waals surface area contributed by atoms with Gasteiger partial charge in [-0.25, -0.2) is 12.7 Å². The summed E-state index contributed by atoms with van der Waals surface area (Å²) in [6.07, 6.45) is 2.33. The summed E-state index contributed by atoms with van der Waals surface area (Å²) in [5.41, 5.74) is 1.71. The first kappa shape index (κ1) is 23.1. The van der Waals surface area contributed by atoms with E-state index in [2.05, 4.69) is 5.32 Å². The predicted molar refractivity (Wildman–Crippen MR) is 121 cm³/mol. The molecule has 0 atom stereocenters. The quantitative estimate of drug-likeness (QED) is 0.639. The Morgan fingerprint density at radius 1 is 1.06 bits per heavy atom. The Hall–Kier alpha value is -2.58. The smallest absolute Gasteiger partial charge is 0.227 e. The molecular formula is C23H30N2O5S. The second-order valence-corrected chi connectivity index (χ2v) is 9.72. The van der Waals surface area contributed by atoms with Gasteiger partial charge in [-0.2, -0.15) is 0 Å². The number of carbonyl (C=O) groups is 1. The molecule has 1 aliphatic rings. The van der Waals surface area contributed by atoms with Crippen LogP contribution in [-0.4, -0.2) is 51.7 Å². The number of methoxy groups -OCH3 is 2. The summed E-state index contributed by atoms with van der Waals surface area (Å²) in [6.45, 7) is 0.733. The number of rotatable bonds is 9. The topological polar surface area (TPSA) is 84.9 Å². The molecule has 2 aromatic rings. The van der Waals surface area contributed by atoms with E-state index >= 15 is 0 Å². The lowest BCUT2D eigenvalue weighted by Gasteiger charge is -2.30. The monoisotopic (exact) mass is 446 g/mol. The maximum atomic E-state index is 12.7. The van der Waals surface area contributed by atoms with Crippen molar-refractivity contribution in [2.75, 3.05) is 38.4 Å². The van der Waals surface area contributed by atoms with Crippen molar-refractivity contribution < 1.29 is 22.7 Å². The lowest BCUT2D eigenvalue weighted by atomic mass is 9.97. The summed E-state index contributed by atoms with van der Waals surface area (Å²) < 4.78 is 37.4. The zero-order valence-corrected chi connectivity index (χ0v) is 18.9.